The highest BCUT2D eigenvalue weighted by molar-refractivity contribution is 5.74. The number of carbonyl (C=O) groups excluding carboxylic acids is 1. The SMILES string of the molecule is CC(C)Oc1ccc(CNC(=O)N2CCN(c3ccncc3)CC2)cc1. The molecule has 6 heteroatoms. The topological polar surface area (TPSA) is 57.7 Å². The molecule has 0 radical (unpaired) electrons. The number of hydrogen-bond acceptors (Lipinski definition) is 4. The summed E-state index contributed by atoms with van der Waals surface area (Å²) in [6.07, 6.45) is 3.75. The molecule has 0 spiro atoms. The quantitative estimate of drug-likeness (QED) is 0.897. The monoisotopic (exact) mass is 354 g/mol. The van der Waals surface area contributed by atoms with Gasteiger partial charge in [0.1, 0.15) is 5.75 Å². The molecule has 1 N–H and O–H groups in total. The lowest BCUT2D eigenvalue weighted by Gasteiger charge is -2.36. The Bertz CT molecular complexity index is 696. The van der Waals surface area contributed by atoms with Crippen molar-refractivity contribution in [3.63, 3.8) is 0 Å². The van der Waals surface area contributed by atoms with Gasteiger partial charge in [-0.3, -0.25) is 4.98 Å². The number of nitrogens with one attached hydrogen (secondary N) is 1. The molecule has 1 aliphatic rings. The Morgan fingerprint density at radius 1 is 1.08 bits per heavy atom. The summed E-state index contributed by atoms with van der Waals surface area (Å²) >= 11 is 0. The van der Waals surface area contributed by atoms with Gasteiger partial charge >= 0.3 is 6.03 Å². The van der Waals surface area contributed by atoms with Crippen molar-refractivity contribution in [3.05, 3.63) is 54.4 Å². The van der Waals surface area contributed by atoms with Crippen LogP contribution in [0.2, 0.25) is 0 Å². The van der Waals surface area contributed by atoms with E-state index < -0.39 is 0 Å². The van der Waals surface area contributed by atoms with Gasteiger partial charge in [0.05, 0.1) is 6.10 Å². The summed E-state index contributed by atoms with van der Waals surface area (Å²) in [7, 11) is 0. The van der Waals surface area contributed by atoms with Crippen LogP contribution in [0.3, 0.4) is 0 Å². The molecule has 3 rings (SSSR count). The Kier molecular flexibility index (Phi) is 5.94. The first-order valence-electron chi connectivity index (χ1n) is 9.05. The van der Waals surface area contributed by atoms with Crippen LogP contribution in [0.4, 0.5) is 10.5 Å². The van der Waals surface area contributed by atoms with Crippen LogP contribution >= 0.6 is 0 Å². The van der Waals surface area contributed by atoms with Gasteiger partial charge in [-0.1, -0.05) is 12.1 Å². The molecular weight excluding hydrogens is 328 g/mol. The van der Waals surface area contributed by atoms with Crippen molar-refractivity contribution in [1.82, 2.24) is 15.2 Å². The molecule has 1 aromatic carbocycles. The van der Waals surface area contributed by atoms with E-state index in [2.05, 4.69) is 15.2 Å². The van der Waals surface area contributed by atoms with Gasteiger partial charge in [0.15, 0.2) is 0 Å². The summed E-state index contributed by atoms with van der Waals surface area (Å²) < 4.78 is 5.63. The van der Waals surface area contributed by atoms with Crippen molar-refractivity contribution in [2.75, 3.05) is 31.1 Å². The summed E-state index contributed by atoms with van der Waals surface area (Å²) in [6, 6.07) is 11.8. The van der Waals surface area contributed by atoms with Gasteiger partial charge in [0.25, 0.3) is 0 Å². The zero-order valence-electron chi connectivity index (χ0n) is 15.4. The molecule has 2 heterocycles. The van der Waals surface area contributed by atoms with Crippen LogP contribution < -0.4 is 15.0 Å². The lowest BCUT2D eigenvalue weighted by Crippen LogP contribution is -2.51. The average molecular weight is 354 g/mol. The van der Waals surface area contributed by atoms with Crippen LogP contribution in [0.15, 0.2) is 48.8 Å². The number of amides is 2. The second-order valence-corrected chi connectivity index (χ2v) is 6.65. The lowest BCUT2D eigenvalue weighted by atomic mass is 10.2. The maximum atomic E-state index is 12.4. The highest BCUT2D eigenvalue weighted by atomic mass is 16.5. The first-order valence-corrected chi connectivity index (χ1v) is 9.05. The number of hydrogen-bond donors (Lipinski definition) is 1. The minimum absolute atomic E-state index is 0.0121. The van der Waals surface area contributed by atoms with Crippen molar-refractivity contribution < 1.29 is 9.53 Å². The van der Waals surface area contributed by atoms with E-state index in [1.807, 2.05) is 55.1 Å². The fourth-order valence-corrected chi connectivity index (χ4v) is 2.97. The predicted octanol–water partition coefficient (Wildman–Crippen LogP) is 2.90. The van der Waals surface area contributed by atoms with Crippen LogP contribution in [0.1, 0.15) is 19.4 Å². The standard InChI is InChI=1S/C20H26N4O2/c1-16(2)26-19-5-3-17(4-6-19)15-22-20(25)24-13-11-23(12-14-24)18-7-9-21-10-8-18/h3-10,16H,11-15H2,1-2H3,(H,22,25). The van der Waals surface area contributed by atoms with Crippen molar-refractivity contribution in [2.24, 2.45) is 0 Å². The number of pyridine rings is 1. The van der Waals surface area contributed by atoms with Crippen molar-refractivity contribution in [1.29, 1.82) is 0 Å². The van der Waals surface area contributed by atoms with Crippen LogP contribution in [0.25, 0.3) is 0 Å². The Morgan fingerprint density at radius 2 is 1.73 bits per heavy atom. The molecule has 0 bridgehead atoms. The third kappa shape index (κ3) is 4.88. The molecule has 2 amide bonds. The summed E-state index contributed by atoms with van der Waals surface area (Å²) in [5.74, 6) is 0.849. The van der Waals surface area contributed by atoms with Crippen LogP contribution in [-0.2, 0) is 6.54 Å². The summed E-state index contributed by atoms with van der Waals surface area (Å²) in [6.45, 7) is 7.62. The molecule has 1 aromatic heterocycles. The molecule has 0 aliphatic carbocycles. The van der Waals surface area contributed by atoms with E-state index in [9.17, 15) is 4.79 Å². The second-order valence-electron chi connectivity index (χ2n) is 6.65. The van der Waals surface area contributed by atoms with Crippen LogP contribution in [0.5, 0.6) is 5.75 Å². The first-order chi connectivity index (χ1) is 12.6. The van der Waals surface area contributed by atoms with Gasteiger partial charge in [0.2, 0.25) is 0 Å². The van der Waals surface area contributed by atoms with E-state index in [1.165, 1.54) is 0 Å². The second kappa shape index (κ2) is 8.56. The number of anilines is 1. The van der Waals surface area contributed by atoms with Gasteiger partial charge in [-0.05, 0) is 43.7 Å². The van der Waals surface area contributed by atoms with Gasteiger partial charge in [0, 0.05) is 50.8 Å². The van der Waals surface area contributed by atoms with Crippen LogP contribution in [-0.4, -0.2) is 48.2 Å². The van der Waals surface area contributed by atoms with Gasteiger partial charge in [-0.25, -0.2) is 4.79 Å². The zero-order chi connectivity index (χ0) is 18.4. The van der Waals surface area contributed by atoms with E-state index in [1.54, 1.807) is 12.4 Å². The Balaban J connectivity index is 1.44. The first kappa shape index (κ1) is 18.0. The highest BCUT2D eigenvalue weighted by Gasteiger charge is 2.20. The number of urea groups is 1. The predicted molar refractivity (Wildman–Crippen MR) is 102 cm³/mol. The molecule has 26 heavy (non-hydrogen) atoms. The number of piperazine rings is 1. The Labute approximate surface area is 154 Å². The van der Waals surface area contributed by atoms with E-state index in [-0.39, 0.29) is 12.1 Å². The Morgan fingerprint density at radius 3 is 2.35 bits per heavy atom. The molecule has 1 aliphatic heterocycles. The molecule has 138 valence electrons. The van der Waals surface area contributed by atoms with E-state index in [0.29, 0.717) is 6.54 Å². The molecule has 2 aromatic rings. The minimum Gasteiger partial charge on any atom is -0.491 e. The number of nitrogens with zero attached hydrogens (tertiary/aromatic N) is 3. The summed E-state index contributed by atoms with van der Waals surface area (Å²) in [4.78, 5) is 20.6. The lowest BCUT2D eigenvalue weighted by molar-refractivity contribution is 0.194. The molecule has 6 nitrogen and oxygen atoms in total. The zero-order valence-corrected chi connectivity index (χ0v) is 15.4. The molecular formula is C20H26N4O2. The molecule has 0 unspecified atom stereocenters. The fourth-order valence-electron chi connectivity index (χ4n) is 2.97. The van der Waals surface area contributed by atoms with Gasteiger partial charge < -0.3 is 19.9 Å². The molecule has 0 saturated carbocycles. The smallest absolute Gasteiger partial charge is 0.317 e. The number of rotatable bonds is 5. The third-order valence-corrected chi connectivity index (χ3v) is 4.33. The largest absolute Gasteiger partial charge is 0.491 e. The van der Waals surface area contributed by atoms with Crippen molar-refractivity contribution in [2.45, 2.75) is 26.5 Å². The molecule has 1 fully saturated rings. The summed E-state index contributed by atoms with van der Waals surface area (Å²) in [5.41, 5.74) is 2.22. The third-order valence-electron chi connectivity index (χ3n) is 4.33. The normalized spacial score (nSPS) is 14.4. The van der Waals surface area contributed by atoms with E-state index >= 15 is 0 Å². The summed E-state index contributed by atoms with van der Waals surface area (Å²) in [5, 5.41) is 3.00. The average Bonchev–Trinajstić information content (AvgIpc) is 2.67. The molecule has 1 saturated heterocycles. The molecule has 0 atom stereocenters. The highest BCUT2D eigenvalue weighted by Crippen LogP contribution is 2.15. The van der Waals surface area contributed by atoms with E-state index in [4.69, 9.17) is 4.74 Å². The van der Waals surface area contributed by atoms with Crippen LogP contribution in [0, 0.1) is 0 Å². The van der Waals surface area contributed by atoms with Crippen molar-refractivity contribution in [3.8, 4) is 5.75 Å². The number of benzene rings is 1. The maximum absolute atomic E-state index is 12.4. The van der Waals surface area contributed by atoms with E-state index in [0.717, 1.165) is 43.2 Å². The minimum atomic E-state index is -0.0121. The fraction of sp³-hybridized carbons (Fsp3) is 0.400. The van der Waals surface area contributed by atoms with Crippen molar-refractivity contribution >= 4 is 11.7 Å². The number of aromatic nitrogens is 1. The maximum Gasteiger partial charge on any atom is 0.317 e. The van der Waals surface area contributed by atoms with Gasteiger partial charge in [-0.15, -0.1) is 0 Å². The Hall–Kier alpha value is -2.76. The van der Waals surface area contributed by atoms with Gasteiger partial charge in [-0.2, -0.15) is 0 Å². The number of carbonyl (C=O) groups is 1. The number of ether oxygens (including phenoxy) is 1.